The summed E-state index contributed by atoms with van der Waals surface area (Å²) in [6.45, 7) is 8.19. The van der Waals surface area contributed by atoms with E-state index in [1.165, 1.54) is 4.88 Å². The fraction of sp³-hybridized carbons (Fsp3) is 0.538. The maximum absolute atomic E-state index is 5.21. The van der Waals surface area contributed by atoms with Crippen molar-refractivity contribution >= 4 is 41.3 Å². The summed E-state index contributed by atoms with van der Waals surface area (Å²) in [5.74, 6) is 3.30. The molecule has 0 fully saturated rings. The van der Waals surface area contributed by atoms with Crippen LogP contribution in [0.15, 0.2) is 4.99 Å². The van der Waals surface area contributed by atoms with Crippen LogP contribution in [-0.4, -0.2) is 30.6 Å². The van der Waals surface area contributed by atoms with Gasteiger partial charge in [0.25, 0.3) is 0 Å². The van der Waals surface area contributed by atoms with Gasteiger partial charge in [-0.15, -0.1) is 41.7 Å². The maximum Gasteiger partial charge on any atom is 0.192 e. The standard InChI is InChI=1S/C13H20N4S.HI/c1-5-8-15-13(14-6-2)16-9-7-12-17-10(3)11(4)18-12;/h1H,6-9H2,2-4H3,(H2,14,15,16);1H. The lowest BCUT2D eigenvalue weighted by Crippen LogP contribution is -2.37. The van der Waals surface area contributed by atoms with Gasteiger partial charge in [0.15, 0.2) is 5.96 Å². The van der Waals surface area contributed by atoms with Crippen LogP contribution >= 0.6 is 35.3 Å². The average molecular weight is 392 g/mol. The van der Waals surface area contributed by atoms with Crippen molar-refractivity contribution in [2.24, 2.45) is 4.99 Å². The summed E-state index contributed by atoms with van der Waals surface area (Å²) in [7, 11) is 0. The number of aromatic nitrogens is 1. The predicted octanol–water partition coefficient (Wildman–Crippen LogP) is 2.11. The number of aryl methyl sites for hydroxylation is 2. The number of rotatable bonds is 5. The topological polar surface area (TPSA) is 49.3 Å². The maximum atomic E-state index is 5.21. The highest BCUT2D eigenvalue weighted by molar-refractivity contribution is 14.0. The lowest BCUT2D eigenvalue weighted by atomic mass is 10.4. The molecule has 0 radical (unpaired) electrons. The molecule has 4 nitrogen and oxygen atoms in total. The SMILES string of the molecule is C#CCNC(=NCCc1nc(C)c(C)s1)NCC.I. The molecule has 0 spiro atoms. The van der Waals surface area contributed by atoms with E-state index in [9.17, 15) is 0 Å². The van der Waals surface area contributed by atoms with Gasteiger partial charge in [0, 0.05) is 24.4 Å². The summed E-state index contributed by atoms with van der Waals surface area (Å²) < 4.78 is 0. The third kappa shape index (κ3) is 6.78. The lowest BCUT2D eigenvalue weighted by molar-refractivity contribution is 0.852. The number of hydrogen-bond donors (Lipinski definition) is 2. The van der Waals surface area contributed by atoms with Crippen LogP contribution in [-0.2, 0) is 6.42 Å². The lowest BCUT2D eigenvalue weighted by Gasteiger charge is -2.08. The number of nitrogens with one attached hydrogen (secondary N) is 2. The van der Waals surface area contributed by atoms with Gasteiger partial charge in [0.1, 0.15) is 0 Å². The first kappa shape index (κ1) is 18.2. The number of hydrogen-bond acceptors (Lipinski definition) is 3. The summed E-state index contributed by atoms with van der Waals surface area (Å²) in [5.41, 5.74) is 1.12. The number of guanidine groups is 1. The Labute approximate surface area is 136 Å². The molecule has 1 rings (SSSR count). The smallest absolute Gasteiger partial charge is 0.192 e. The van der Waals surface area contributed by atoms with E-state index in [0.29, 0.717) is 13.1 Å². The predicted molar refractivity (Wildman–Crippen MR) is 93.5 cm³/mol. The number of halogens is 1. The van der Waals surface area contributed by atoms with Gasteiger partial charge in [-0.2, -0.15) is 0 Å². The first-order chi connectivity index (χ1) is 8.67. The molecule has 0 aliphatic heterocycles. The molecule has 0 amide bonds. The monoisotopic (exact) mass is 392 g/mol. The zero-order valence-electron chi connectivity index (χ0n) is 11.6. The summed E-state index contributed by atoms with van der Waals surface area (Å²) in [4.78, 5) is 10.2. The minimum Gasteiger partial charge on any atom is -0.357 e. The number of nitrogens with zero attached hydrogens (tertiary/aromatic N) is 2. The number of thiazole rings is 1. The van der Waals surface area contributed by atoms with Crippen molar-refractivity contribution in [3.05, 3.63) is 15.6 Å². The van der Waals surface area contributed by atoms with Crippen molar-refractivity contribution in [1.82, 2.24) is 15.6 Å². The second-order valence-corrected chi connectivity index (χ2v) is 5.11. The molecule has 0 unspecified atom stereocenters. The Bertz CT molecular complexity index is 428. The molecule has 1 aromatic rings. The normalized spacial score (nSPS) is 10.5. The molecule has 0 bridgehead atoms. The fourth-order valence-electron chi connectivity index (χ4n) is 1.39. The van der Waals surface area contributed by atoms with Crippen LogP contribution in [0.4, 0.5) is 0 Å². The molecule has 1 aromatic heterocycles. The molecule has 0 saturated carbocycles. The number of aliphatic imine (C=N–C) groups is 1. The van der Waals surface area contributed by atoms with E-state index in [1.54, 1.807) is 11.3 Å². The van der Waals surface area contributed by atoms with Gasteiger partial charge < -0.3 is 10.6 Å². The number of terminal acetylenes is 1. The molecule has 106 valence electrons. The van der Waals surface area contributed by atoms with E-state index >= 15 is 0 Å². The zero-order valence-corrected chi connectivity index (χ0v) is 14.8. The summed E-state index contributed by atoms with van der Waals surface area (Å²) in [5, 5.41) is 7.35. The van der Waals surface area contributed by atoms with E-state index in [4.69, 9.17) is 6.42 Å². The third-order valence-electron chi connectivity index (χ3n) is 2.37. The highest BCUT2D eigenvalue weighted by Crippen LogP contribution is 2.16. The van der Waals surface area contributed by atoms with Crippen molar-refractivity contribution < 1.29 is 0 Å². The van der Waals surface area contributed by atoms with Crippen LogP contribution in [0.2, 0.25) is 0 Å². The molecular formula is C13H21IN4S. The van der Waals surface area contributed by atoms with Gasteiger partial charge >= 0.3 is 0 Å². The minimum absolute atomic E-state index is 0. The molecular weight excluding hydrogens is 371 g/mol. The van der Waals surface area contributed by atoms with E-state index < -0.39 is 0 Å². The van der Waals surface area contributed by atoms with Gasteiger partial charge in [-0.3, -0.25) is 4.99 Å². The molecule has 1 heterocycles. The van der Waals surface area contributed by atoms with Gasteiger partial charge in [-0.05, 0) is 20.8 Å². The quantitative estimate of drug-likeness (QED) is 0.349. The fourth-order valence-corrected chi connectivity index (χ4v) is 2.31. The Morgan fingerprint density at radius 2 is 2.16 bits per heavy atom. The highest BCUT2D eigenvalue weighted by atomic mass is 127. The Hall–Kier alpha value is -0.810. The Kier molecular flexibility index (Phi) is 9.61. The van der Waals surface area contributed by atoms with Crippen LogP contribution in [0.5, 0.6) is 0 Å². The van der Waals surface area contributed by atoms with E-state index in [1.807, 2.05) is 13.8 Å². The van der Waals surface area contributed by atoms with Gasteiger partial charge in [-0.25, -0.2) is 4.98 Å². The highest BCUT2D eigenvalue weighted by Gasteiger charge is 2.03. The molecule has 0 aromatic carbocycles. The van der Waals surface area contributed by atoms with Crippen molar-refractivity contribution in [2.45, 2.75) is 27.2 Å². The zero-order chi connectivity index (χ0) is 13.4. The van der Waals surface area contributed by atoms with Crippen molar-refractivity contribution in [3.8, 4) is 12.3 Å². The summed E-state index contributed by atoms with van der Waals surface area (Å²) >= 11 is 1.74. The van der Waals surface area contributed by atoms with Crippen LogP contribution < -0.4 is 10.6 Å². The van der Waals surface area contributed by atoms with Crippen LogP contribution in [0.25, 0.3) is 0 Å². The van der Waals surface area contributed by atoms with Crippen molar-refractivity contribution in [3.63, 3.8) is 0 Å². The van der Waals surface area contributed by atoms with E-state index in [0.717, 1.165) is 29.6 Å². The Morgan fingerprint density at radius 1 is 1.42 bits per heavy atom. The molecule has 19 heavy (non-hydrogen) atoms. The summed E-state index contributed by atoms with van der Waals surface area (Å²) in [6.07, 6.45) is 6.08. The van der Waals surface area contributed by atoms with Gasteiger partial charge in [0.2, 0.25) is 0 Å². The third-order valence-corrected chi connectivity index (χ3v) is 3.50. The van der Waals surface area contributed by atoms with Crippen LogP contribution in [0.1, 0.15) is 22.5 Å². The first-order valence-electron chi connectivity index (χ1n) is 6.06. The summed E-state index contributed by atoms with van der Waals surface area (Å²) in [6, 6.07) is 0. The minimum atomic E-state index is 0. The molecule has 0 saturated heterocycles. The second kappa shape index (κ2) is 10.0. The molecule has 2 N–H and O–H groups in total. The van der Waals surface area contributed by atoms with Crippen molar-refractivity contribution in [2.75, 3.05) is 19.6 Å². The Balaban J connectivity index is 0.00000324. The van der Waals surface area contributed by atoms with E-state index in [-0.39, 0.29) is 24.0 Å². The van der Waals surface area contributed by atoms with Crippen LogP contribution in [0.3, 0.4) is 0 Å². The van der Waals surface area contributed by atoms with Gasteiger partial charge in [0.05, 0.1) is 17.2 Å². The molecule has 0 aliphatic carbocycles. The van der Waals surface area contributed by atoms with E-state index in [2.05, 4.69) is 33.5 Å². The van der Waals surface area contributed by atoms with Crippen LogP contribution in [0, 0.1) is 26.2 Å². The Morgan fingerprint density at radius 3 is 2.68 bits per heavy atom. The molecule has 6 heteroatoms. The molecule has 0 atom stereocenters. The second-order valence-electron chi connectivity index (χ2n) is 3.82. The van der Waals surface area contributed by atoms with Gasteiger partial charge in [-0.1, -0.05) is 5.92 Å². The first-order valence-corrected chi connectivity index (χ1v) is 6.87. The largest absolute Gasteiger partial charge is 0.357 e. The average Bonchev–Trinajstić information content (AvgIpc) is 2.65. The van der Waals surface area contributed by atoms with Crippen molar-refractivity contribution in [1.29, 1.82) is 0 Å². The molecule has 0 aliphatic rings.